The van der Waals surface area contributed by atoms with Gasteiger partial charge in [0.15, 0.2) is 15.5 Å². The molecule has 1 N–H and O–H groups in total. The lowest BCUT2D eigenvalue weighted by Crippen LogP contribution is -2.18. The number of anilines is 1. The third-order valence-corrected chi connectivity index (χ3v) is 3.96. The van der Waals surface area contributed by atoms with E-state index in [1.165, 1.54) is 12.1 Å². The van der Waals surface area contributed by atoms with Crippen LogP contribution in [0.15, 0.2) is 17.0 Å². The second kappa shape index (κ2) is 5.20. The molecule has 7 nitrogen and oxygen atoms in total. The minimum absolute atomic E-state index is 0.0204. The van der Waals surface area contributed by atoms with Gasteiger partial charge in [0.2, 0.25) is 5.91 Å². The summed E-state index contributed by atoms with van der Waals surface area (Å²) in [5.41, 5.74) is -0.330. The maximum atomic E-state index is 11.6. The molecule has 1 aromatic heterocycles. The number of hydrogen-bond acceptors (Lipinski definition) is 6. The van der Waals surface area contributed by atoms with E-state index in [2.05, 4.69) is 15.0 Å². The van der Waals surface area contributed by atoms with E-state index >= 15 is 0 Å². The molecular weight excluding hydrogens is 284 g/mol. The molecule has 1 aromatic rings. The first-order valence-corrected chi connectivity index (χ1v) is 7.82. The first kappa shape index (κ1) is 14.4. The molecule has 0 radical (unpaired) electrons. The largest absolute Gasteiger partial charge is 0.464 e. The summed E-state index contributed by atoms with van der Waals surface area (Å²) in [6.07, 6.45) is 2.63. The Kier molecular flexibility index (Phi) is 3.76. The molecule has 20 heavy (non-hydrogen) atoms. The SMILES string of the molecule is COC(=O)c1nc(NC(=O)C2CC2)ccc1S(C)(=O)=O. The Hall–Kier alpha value is -1.96. The molecule has 0 aliphatic heterocycles. The van der Waals surface area contributed by atoms with E-state index in [9.17, 15) is 18.0 Å². The minimum Gasteiger partial charge on any atom is -0.464 e. The minimum atomic E-state index is -3.61. The van der Waals surface area contributed by atoms with Crippen LogP contribution in [-0.4, -0.2) is 38.6 Å². The van der Waals surface area contributed by atoms with E-state index < -0.39 is 15.8 Å². The average molecular weight is 298 g/mol. The highest BCUT2D eigenvalue weighted by atomic mass is 32.2. The van der Waals surface area contributed by atoms with Crippen LogP contribution in [0.25, 0.3) is 0 Å². The van der Waals surface area contributed by atoms with Gasteiger partial charge in [-0.3, -0.25) is 4.79 Å². The fourth-order valence-electron chi connectivity index (χ4n) is 1.63. The predicted octanol–water partition coefficient (Wildman–Crippen LogP) is 0.620. The van der Waals surface area contributed by atoms with Gasteiger partial charge in [-0.2, -0.15) is 0 Å². The smallest absolute Gasteiger partial charge is 0.358 e. The summed E-state index contributed by atoms with van der Waals surface area (Å²) in [5, 5.41) is 2.55. The molecule has 1 aliphatic carbocycles. The van der Waals surface area contributed by atoms with Crippen LogP contribution in [-0.2, 0) is 19.4 Å². The van der Waals surface area contributed by atoms with Gasteiger partial charge in [0.1, 0.15) is 5.82 Å². The summed E-state index contributed by atoms with van der Waals surface area (Å²) in [4.78, 5) is 26.9. The van der Waals surface area contributed by atoms with Crippen molar-refractivity contribution in [1.29, 1.82) is 0 Å². The molecule has 0 spiro atoms. The zero-order valence-corrected chi connectivity index (χ0v) is 11.9. The molecule has 1 fully saturated rings. The standard InChI is InChI=1S/C12H14N2O5S/c1-19-12(16)10-8(20(2,17)18)5-6-9(13-10)14-11(15)7-3-4-7/h5-7H,3-4H2,1-2H3,(H,13,14,15). The fraction of sp³-hybridized carbons (Fsp3) is 0.417. The van der Waals surface area contributed by atoms with Gasteiger partial charge in [-0.05, 0) is 25.0 Å². The fourth-order valence-corrected chi connectivity index (χ4v) is 2.43. The number of aromatic nitrogens is 1. The molecule has 1 heterocycles. The summed E-state index contributed by atoms with van der Waals surface area (Å²) in [7, 11) is -2.48. The van der Waals surface area contributed by atoms with Crippen LogP contribution in [0.5, 0.6) is 0 Å². The molecule has 0 unspecified atom stereocenters. The Bertz CT molecular complexity index is 664. The van der Waals surface area contributed by atoms with Crippen molar-refractivity contribution in [3.63, 3.8) is 0 Å². The highest BCUT2D eigenvalue weighted by molar-refractivity contribution is 7.90. The van der Waals surface area contributed by atoms with Crippen LogP contribution in [0.1, 0.15) is 23.3 Å². The van der Waals surface area contributed by atoms with Gasteiger partial charge in [-0.25, -0.2) is 18.2 Å². The number of ether oxygens (including phenoxy) is 1. The second-order valence-electron chi connectivity index (χ2n) is 4.57. The van der Waals surface area contributed by atoms with Crippen molar-refractivity contribution in [1.82, 2.24) is 4.98 Å². The van der Waals surface area contributed by atoms with Gasteiger partial charge in [-0.15, -0.1) is 0 Å². The number of carbonyl (C=O) groups is 2. The molecule has 2 rings (SSSR count). The van der Waals surface area contributed by atoms with Gasteiger partial charge >= 0.3 is 5.97 Å². The van der Waals surface area contributed by atoms with E-state index in [4.69, 9.17) is 0 Å². The molecule has 1 amide bonds. The Balaban J connectivity index is 2.37. The number of hydrogen-bond donors (Lipinski definition) is 1. The number of methoxy groups -OCH3 is 1. The lowest BCUT2D eigenvalue weighted by molar-refractivity contribution is -0.117. The zero-order valence-electron chi connectivity index (χ0n) is 11.0. The van der Waals surface area contributed by atoms with Crippen LogP contribution in [0.4, 0.5) is 5.82 Å². The van der Waals surface area contributed by atoms with E-state index in [1.54, 1.807) is 0 Å². The number of sulfone groups is 1. The summed E-state index contributed by atoms with van der Waals surface area (Å²) in [6, 6.07) is 2.58. The Morgan fingerprint density at radius 3 is 2.50 bits per heavy atom. The Morgan fingerprint density at radius 2 is 2.00 bits per heavy atom. The number of pyridine rings is 1. The van der Waals surface area contributed by atoms with E-state index in [0.29, 0.717) is 0 Å². The van der Waals surface area contributed by atoms with Crippen molar-refractivity contribution in [2.24, 2.45) is 5.92 Å². The summed E-state index contributed by atoms with van der Waals surface area (Å²) in [6.45, 7) is 0. The first-order valence-electron chi connectivity index (χ1n) is 5.93. The van der Waals surface area contributed by atoms with Crippen molar-refractivity contribution in [2.75, 3.05) is 18.7 Å². The molecule has 108 valence electrons. The van der Waals surface area contributed by atoms with Gasteiger partial charge in [0.05, 0.1) is 12.0 Å². The van der Waals surface area contributed by atoms with Crippen molar-refractivity contribution >= 4 is 27.5 Å². The number of carbonyl (C=O) groups excluding carboxylic acids is 2. The molecule has 0 atom stereocenters. The normalized spacial score (nSPS) is 14.7. The van der Waals surface area contributed by atoms with Gasteiger partial charge in [-0.1, -0.05) is 0 Å². The van der Waals surface area contributed by atoms with E-state index in [0.717, 1.165) is 26.2 Å². The van der Waals surface area contributed by atoms with Crippen molar-refractivity contribution in [3.8, 4) is 0 Å². The molecule has 8 heteroatoms. The molecule has 1 saturated carbocycles. The molecular formula is C12H14N2O5S. The molecule has 0 aromatic carbocycles. The Labute approximate surface area is 116 Å². The van der Waals surface area contributed by atoms with Crippen LogP contribution in [0.3, 0.4) is 0 Å². The number of rotatable bonds is 4. The number of esters is 1. The van der Waals surface area contributed by atoms with Gasteiger partial charge in [0, 0.05) is 12.2 Å². The van der Waals surface area contributed by atoms with Crippen LogP contribution < -0.4 is 5.32 Å². The topological polar surface area (TPSA) is 102 Å². The lowest BCUT2D eigenvalue weighted by Gasteiger charge is -2.08. The molecule has 0 bridgehead atoms. The zero-order chi connectivity index (χ0) is 14.9. The van der Waals surface area contributed by atoms with Crippen LogP contribution in [0.2, 0.25) is 0 Å². The quantitative estimate of drug-likeness (QED) is 0.817. The van der Waals surface area contributed by atoms with Crippen molar-refractivity contribution in [2.45, 2.75) is 17.7 Å². The van der Waals surface area contributed by atoms with Crippen molar-refractivity contribution in [3.05, 3.63) is 17.8 Å². The van der Waals surface area contributed by atoms with Crippen LogP contribution >= 0.6 is 0 Å². The number of amides is 1. The van der Waals surface area contributed by atoms with Gasteiger partial charge in [0.25, 0.3) is 0 Å². The number of nitrogens with zero attached hydrogens (tertiary/aromatic N) is 1. The van der Waals surface area contributed by atoms with Gasteiger partial charge < -0.3 is 10.1 Å². The van der Waals surface area contributed by atoms with Crippen LogP contribution in [0, 0.1) is 5.92 Å². The lowest BCUT2D eigenvalue weighted by atomic mass is 10.3. The monoisotopic (exact) mass is 298 g/mol. The first-order chi connectivity index (χ1) is 9.32. The third kappa shape index (κ3) is 3.13. The Morgan fingerprint density at radius 1 is 1.35 bits per heavy atom. The molecule has 0 saturated heterocycles. The summed E-state index contributed by atoms with van der Waals surface area (Å²) >= 11 is 0. The molecule has 1 aliphatic rings. The third-order valence-electron chi connectivity index (χ3n) is 2.84. The maximum absolute atomic E-state index is 11.6. The van der Waals surface area contributed by atoms with E-state index in [1.807, 2.05) is 0 Å². The second-order valence-corrected chi connectivity index (χ2v) is 6.55. The van der Waals surface area contributed by atoms with E-state index in [-0.39, 0.29) is 28.2 Å². The highest BCUT2D eigenvalue weighted by Gasteiger charge is 2.30. The summed E-state index contributed by atoms with van der Waals surface area (Å²) in [5.74, 6) is -0.934. The summed E-state index contributed by atoms with van der Waals surface area (Å²) < 4.78 is 27.7. The number of nitrogens with one attached hydrogen (secondary N) is 1. The average Bonchev–Trinajstić information content (AvgIpc) is 3.20. The predicted molar refractivity (Wildman–Crippen MR) is 70.0 cm³/mol. The maximum Gasteiger partial charge on any atom is 0.358 e. The highest BCUT2D eigenvalue weighted by Crippen LogP contribution is 2.30. The van der Waals surface area contributed by atoms with Crippen molar-refractivity contribution < 1.29 is 22.7 Å².